The number of halogens is 3. The van der Waals surface area contributed by atoms with Crippen LogP contribution in [-0.4, -0.2) is 61.1 Å². The molecule has 0 saturated carbocycles. The maximum atomic E-state index is 14.0. The lowest BCUT2D eigenvalue weighted by atomic mass is 10.2. The van der Waals surface area contributed by atoms with E-state index < -0.39 is 21.8 Å². The first kappa shape index (κ1) is 21.6. The number of hydrogen-bond donors (Lipinski definition) is 0. The molecule has 0 aliphatic carbocycles. The maximum Gasteiger partial charge on any atom is 0.282 e. The van der Waals surface area contributed by atoms with Gasteiger partial charge in [-0.3, -0.25) is 4.79 Å². The average Bonchev–Trinajstić information content (AvgIpc) is 2.70. The summed E-state index contributed by atoms with van der Waals surface area (Å²) in [6, 6.07) is 9.53. The fraction of sp³-hybridized carbons (Fsp3) is 0.316. The first-order chi connectivity index (χ1) is 13.7. The first-order valence-electron chi connectivity index (χ1n) is 8.89. The SMILES string of the molecule is CN(Cc1c(F)cccc1Cl)S(=O)(=O)N1CCN(C(=O)c2cccc(F)c2)CC1. The Labute approximate surface area is 173 Å². The lowest BCUT2D eigenvalue weighted by Gasteiger charge is -2.36. The quantitative estimate of drug-likeness (QED) is 0.714. The molecule has 0 N–H and O–H groups in total. The topological polar surface area (TPSA) is 60.9 Å². The summed E-state index contributed by atoms with van der Waals surface area (Å²) in [6.45, 7) is 0.291. The fourth-order valence-electron chi connectivity index (χ4n) is 3.11. The standard InChI is InChI=1S/C19H20ClF2N3O3S/c1-23(13-16-17(20)6-3-7-18(16)22)29(27,28)25-10-8-24(9-11-25)19(26)14-4-2-5-15(21)12-14/h2-7,12H,8-11,13H2,1H3. The molecule has 0 spiro atoms. The molecule has 0 aromatic heterocycles. The summed E-state index contributed by atoms with van der Waals surface area (Å²) < 4.78 is 55.3. The summed E-state index contributed by atoms with van der Waals surface area (Å²) in [5, 5.41) is 0.151. The number of nitrogens with zero attached hydrogens (tertiary/aromatic N) is 3. The number of hydrogen-bond acceptors (Lipinski definition) is 3. The van der Waals surface area contributed by atoms with Crippen molar-refractivity contribution in [2.45, 2.75) is 6.54 Å². The molecule has 0 unspecified atom stereocenters. The summed E-state index contributed by atoms with van der Waals surface area (Å²) in [5.74, 6) is -1.44. The van der Waals surface area contributed by atoms with Crippen molar-refractivity contribution in [1.82, 2.24) is 13.5 Å². The number of amides is 1. The van der Waals surface area contributed by atoms with Crippen LogP contribution in [0.15, 0.2) is 42.5 Å². The van der Waals surface area contributed by atoms with Crippen LogP contribution in [0.1, 0.15) is 15.9 Å². The molecule has 1 aliphatic heterocycles. The van der Waals surface area contributed by atoms with Gasteiger partial charge in [0.05, 0.1) is 0 Å². The Morgan fingerprint density at radius 3 is 2.38 bits per heavy atom. The van der Waals surface area contributed by atoms with E-state index in [0.717, 1.165) is 10.4 Å². The van der Waals surface area contributed by atoms with Crippen LogP contribution in [-0.2, 0) is 16.8 Å². The van der Waals surface area contributed by atoms with E-state index in [1.807, 2.05) is 0 Å². The van der Waals surface area contributed by atoms with Crippen molar-refractivity contribution in [2.24, 2.45) is 0 Å². The molecular weight excluding hydrogens is 424 g/mol. The molecule has 0 bridgehead atoms. The van der Waals surface area contributed by atoms with Crippen molar-refractivity contribution in [3.63, 3.8) is 0 Å². The summed E-state index contributed by atoms with van der Waals surface area (Å²) in [4.78, 5) is 14.0. The summed E-state index contributed by atoms with van der Waals surface area (Å²) in [7, 11) is -2.52. The highest BCUT2D eigenvalue weighted by atomic mass is 35.5. The molecule has 1 fully saturated rings. The van der Waals surface area contributed by atoms with Gasteiger partial charge in [0, 0.05) is 55.9 Å². The lowest BCUT2D eigenvalue weighted by Crippen LogP contribution is -2.53. The van der Waals surface area contributed by atoms with E-state index in [1.54, 1.807) is 0 Å². The zero-order valence-corrected chi connectivity index (χ0v) is 17.3. The number of rotatable bonds is 5. The zero-order valence-electron chi connectivity index (χ0n) is 15.7. The Balaban J connectivity index is 1.65. The normalized spacial score (nSPS) is 15.7. The summed E-state index contributed by atoms with van der Waals surface area (Å²) in [5.41, 5.74) is 0.313. The minimum atomic E-state index is -3.87. The molecule has 29 heavy (non-hydrogen) atoms. The highest BCUT2D eigenvalue weighted by molar-refractivity contribution is 7.86. The molecule has 3 rings (SSSR count). The smallest absolute Gasteiger partial charge is 0.282 e. The molecule has 2 aromatic carbocycles. The van der Waals surface area contributed by atoms with Crippen molar-refractivity contribution in [3.05, 3.63) is 70.2 Å². The molecule has 1 amide bonds. The molecule has 0 atom stereocenters. The molecule has 0 radical (unpaired) electrons. The van der Waals surface area contributed by atoms with Crippen molar-refractivity contribution in [3.8, 4) is 0 Å². The first-order valence-corrected chi connectivity index (χ1v) is 10.7. The second kappa shape index (κ2) is 8.74. The second-order valence-electron chi connectivity index (χ2n) is 6.67. The van der Waals surface area contributed by atoms with Gasteiger partial charge in [-0.2, -0.15) is 17.0 Å². The monoisotopic (exact) mass is 443 g/mol. The van der Waals surface area contributed by atoms with Crippen molar-refractivity contribution in [1.29, 1.82) is 0 Å². The third-order valence-electron chi connectivity index (χ3n) is 4.76. The molecule has 1 aliphatic rings. The molecule has 1 heterocycles. The highest BCUT2D eigenvalue weighted by Gasteiger charge is 2.32. The second-order valence-corrected chi connectivity index (χ2v) is 9.11. The highest BCUT2D eigenvalue weighted by Crippen LogP contribution is 2.23. The Hall–Kier alpha value is -2.07. The minimum Gasteiger partial charge on any atom is -0.336 e. The van der Waals surface area contributed by atoms with E-state index in [4.69, 9.17) is 11.6 Å². The summed E-state index contributed by atoms with van der Waals surface area (Å²) >= 11 is 5.99. The van der Waals surface area contributed by atoms with E-state index in [-0.39, 0.29) is 54.8 Å². The van der Waals surface area contributed by atoms with Crippen LogP contribution in [0.25, 0.3) is 0 Å². The Kier molecular flexibility index (Phi) is 6.52. The van der Waals surface area contributed by atoms with Crippen LogP contribution in [0.4, 0.5) is 8.78 Å². The van der Waals surface area contributed by atoms with Gasteiger partial charge in [-0.05, 0) is 30.3 Å². The van der Waals surface area contributed by atoms with Gasteiger partial charge in [0.1, 0.15) is 11.6 Å². The van der Waals surface area contributed by atoms with E-state index in [9.17, 15) is 22.0 Å². The molecule has 156 valence electrons. The number of benzene rings is 2. The number of carbonyl (C=O) groups is 1. The van der Waals surface area contributed by atoms with Gasteiger partial charge in [-0.15, -0.1) is 0 Å². The van der Waals surface area contributed by atoms with Crippen LogP contribution in [0.2, 0.25) is 5.02 Å². The molecular formula is C19H20ClF2N3O3S. The van der Waals surface area contributed by atoms with Gasteiger partial charge < -0.3 is 4.90 Å². The van der Waals surface area contributed by atoms with Crippen LogP contribution >= 0.6 is 11.6 Å². The molecule has 1 saturated heterocycles. The number of piperazine rings is 1. The van der Waals surface area contributed by atoms with Gasteiger partial charge >= 0.3 is 0 Å². The van der Waals surface area contributed by atoms with Gasteiger partial charge in [0.15, 0.2) is 0 Å². The van der Waals surface area contributed by atoms with Gasteiger partial charge in [0.2, 0.25) is 0 Å². The van der Waals surface area contributed by atoms with E-state index in [1.165, 1.54) is 52.7 Å². The van der Waals surface area contributed by atoms with E-state index in [2.05, 4.69) is 0 Å². The Morgan fingerprint density at radius 2 is 1.76 bits per heavy atom. The van der Waals surface area contributed by atoms with E-state index in [0.29, 0.717) is 0 Å². The van der Waals surface area contributed by atoms with Crippen LogP contribution in [0.3, 0.4) is 0 Å². The van der Waals surface area contributed by atoms with Gasteiger partial charge in [-0.25, -0.2) is 8.78 Å². The molecule has 6 nitrogen and oxygen atoms in total. The van der Waals surface area contributed by atoms with Crippen LogP contribution in [0, 0.1) is 11.6 Å². The third kappa shape index (κ3) is 4.75. The largest absolute Gasteiger partial charge is 0.336 e. The van der Waals surface area contributed by atoms with Crippen molar-refractivity contribution in [2.75, 3.05) is 33.2 Å². The Bertz CT molecular complexity index is 991. The lowest BCUT2D eigenvalue weighted by molar-refractivity contribution is 0.0694. The number of carbonyl (C=O) groups excluding carboxylic acids is 1. The fourth-order valence-corrected chi connectivity index (χ4v) is 4.64. The van der Waals surface area contributed by atoms with Gasteiger partial charge in [-0.1, -0.05) is 23.7 Å². The maximum absolute atomic E-state index is 14.0. The predicted molar refractivity (Wildman–Crippen MR) is 106 cm³/mol. The summed E-state index contributed by atoms with van der Waals surface area (Å²) in [6.07, 6.45) is 0. The average molecular weight is 444 g/mol. The Morgan fingerprint density at radius 1 is 1.10 bits per heavy atom. The minimum absolute atomic E-state index is 0.0821. The van der Waals surface area contributed by atoms with Crippen LogP contribution in [0.5, 0.6) is 0 Å². The molecule has 2 aromatic rings. The predicted octanol–water partition coefficient (Wildman–Crippen LogP) is 2.75. The zero-order chi connectivity index (χ0) is 21.2. The van der Waals surface area contributed by atoms with Crippen molar-refractivity contribution >= 4 is 27.7 Å². The van der Waals surface area contributed by atoms with Gasteiger partial charge in [0.25, 0.3) is 16.1 Å². The third-order valence-corrected chi connectivity index (χ3v) is 7.05. The van der Waals surface area contributed by atoms with Crippen LogP contribution < -0.4 is 0 Å². The van der Waals surface area contributed by atoms with E-state index >= 15 is 0 Å². The van der Waals surface area contributed by atoms with Crippen molar-refractivity contribution < 1.29 is 22.0 Å². The molecule has 10 heteroatoms.